The third-order valence-corrected chi connectivity index (χ3v) is 5.36. The molecule has 8 heteroatoms. The second-order valence-corrected chi connectivity index (χ2v) is 7.93. The highest BCUT2D eigenvalue weighted by Gasteiger charge is 2.06. The molecule has 0 saturated heterocycles. The Morgan fingerprint density at radius 1 is 1.20 bits per heavy atom. The topological polar surface area (TPSA) is 98.4 Å². The van der Waals surface area contributed by atoms with Crippen molar-refractivity contribution in [2.24, 2.45) is 4.99 Å². The molecule has 1 aromatic heterocycles. The molecule has 0 spiro atoms. The van der Waals surface area contributed by atoms with Gasteiger partial charge in [0.25, 0.3) is 0 Å². The van der Waals surface area contributed by atoms with Crippen molar-refractivity contribution in [1.82, 2.24) is 20.3 Å². The number of nitrogens with one attached hydrogen (secondary N) is 4. The van der Waals surface area contributed by atoms with E-state index in [1.807, 2.05) is 6.20 Å². The van der Waals surface area contributed by atoms with E-state index in [0.717, 1.165) is 18.5 Å². The van der Waals surface area contributed by atoms with Crippen LogP contribution in [0.5, 0.6) is 0 Å². The van der Waals surface area contributed by atoms with Gasteiger partial charge in [0.1, 0.15) is 0 Å². The number of guanidine groups is 1. The number of aromatic nitrogens is 1. The maximum absolute atomic E-state index is 11.4. The number of aliphatic imine (C=N–C) groups is 1. The number of hydrogen-bond donors (Lipinski definition) is 4. The lowest BCUT2D eigenvalue weighted by molar-refractivity contribution is 0.582. The molecule has 0 bridgehead atoms. The number of aryl methyl sites for hydroxylation is 1. The smallest absolute Gasteiger partial charge is 0.211 e. The first-order chi connectivity index (χ1) is 11.9. The minimum Gasteiger partial charge on any atom is -0.361 e. The molecule has 0 aliphatic heterocycles. The van der Waals surface area contributed by atoms with Crippen molar-refractivity contribution in [3.05, 3.63) is 35.5 Å². The first-order valence-electron chi connectivity index (χ1n) is 8.43. The van der Waals surface area contributed by atoms with Crippen molar-refractivity contribution in [3.63, 3.8) is 0 Å². The number of rotatable bonds is 8. The zero-order valence-electron chi connectivity index (χ0n) is 15.0. The summed E-state index contributed by atoms with van der Waals surface area (Å²) in [4.78, 5) is 7.45. The molecular weight excluding hydrogens is 338 g/mol. The Labute approximate surface area is 149 Å². The van der Waals surface area contributed by atoms with E-state index in [1.54, 1.807) is 14.0 Å². The van der Waals surface area contributed by atoms with E-state index in [2.05, 4.69) is 50.5 Å². The van der Waals surface area contributed by atoms with Gasteiger partial charge in [-0.1, -0.05) is 12.1 Å². The number of aromatic amines is 1. The molecule has 0 aliphatic rings. The summed E-state index contributed by atoms with van der Waals surface area (Å²) in [6.45, 7) is 5.24. The van der Waals surface area contributed by atoms with Gasteiger partial charge in [-0.25, -0.2) is 13.1 Å². The molecule has 1 heterocycles. The molecule has 0 amide bonds. The molecule has 0 aliphatic carbocycles. The fourth-order valence-electron chi connectivity index (χ4n) is 2.53. The van der Waals surface area contributed by atoms with Crippen LogP contribution in [0.25, 0.3) is 10.9 Å². The van der Waals surface area contributed by atoms with Gasteiger partial charge in [-0.3, -0.25) is 4.99 Å². The van der Waals surface area contributed by atoms with Crippen molar-refractivity contribution >= 4 is 26.9 Å². The Hall–Kier alpha value is -2.06. The minimum absolute atomic E-state index is 0.0874. The van der Waals surface area contributed by atoms with E-state index in [4.69, 9.17) is 0 Å². The number of fused-ring (bicyclic) bond motifs is 1. The normalized spacial score (nSPS) is 12.5. The zero-order chi connectivity index (χ0) is 18.3. The lowest BCUT2D eigenvalue weighted by Crippen LogP contribution is -2.42. The highest BCUT2D eigenvalue weighted by atomic mass is 32.2. The minimum atomic E-state index is -3.15. The molecule has 7 nitrogen and oxygen atoms in total. The van der Waals surface area contributed by atoms with E-state index in [-0.39, 0.29) is 5.75 Å². The highest BCUT2D eigenvalue weighted by molar-refractivity contribution is 7.89. The van der Waals surface area contributed by atoms with Crippen LogP contribution >= 0.6 is 0 Å². The fourth-order valence-corrected chi connectivity index (χ4v) is 3.15. The third-order valence-electron chi connectivity index (χ3n) is 3.95. The average molecular weight is 366 g/mol. The monoisotopic (exact) mass is 365 g/mol. The molecule has 0 unspecified atom stereocenters. The Bertz CT molecular complexity index is 827. The second kappa shape index (κ2) is 8.87. The van der Waals surface area contributed by atoms with Crippen molar-refractivity contribution in [2.45, 2.75) is 20.3 Å². The maximum atomic E-state index is 11.4. The van der Waals surface area contributed by atoms with Crippen LogP contribution in [-0.4, -0.2) is 51.8 Å². The third kappa shape index (κ3) is 5.75. The van der Waals surface area contributed by atoms with Gasteiger partial charge in [-0.05, 0) is 37.5 Å². The van der Waals surface area contributed by atoms with Crippen LogP contribution in [0.15, 0.2) is 29.4 Å². The summed E-state index contributed by atoms with van der Waals surface area (Å²) in [6, 6.07) is 6.40. The fraction of sp³-hybridized carbons (Fsp3) is 0.471. The van der Waals surface area contributed by atoms with Crippen LogP contribution in [-0.2, 0) is 16.4 Å². The number of H-pyrrole nitrogens is 1. The predicted molar refractivity (Wildman–Crippen MR) is 104 cm³/mol. The summed E-state index contributed by atoms with van der Waals surface area (Å²) in [6.07, 6.45) is 2.91. The van der Waals surface area contributed by atoms with Gasteiger partial charge < -0.3 is 15.6 Å². The lowest BCUT2D eigenvalue weighted by atomic mass is 10.1. The molecule has 0 radical (unpaired) electrons. The van der Waals surface area contributed by atoms with Crippen LogP contribution in [0.1, 0.15) is 18.1 Å². The summed E-state index contributed by atoms with van der Waals surface area (Å²) in [7, 11) is -1.45. The van der Waals surface area contributed by atoms with Crippen LogP contribution in [0.2, 0.25) is 0 Å². The highest BCUT2D eigenvalue weighted by Crippen LogP contribution is 2.19. The summed E-state index contributed by atoms with van der Waals surface area (Å²) < 4.78 is 25.2. The Balaban J connectivity index is 1.77. The molecule has 0 saturated carbocycles. The van der Waals surface area contributed by atoms with Crippen molar-refractivity contribution in [3.8, 4) is 0 Å². The van der Waals surface area contributed by atoms with Crippen molar-refractivity contribution in [1.29, 1.82) is 0 Å². The summed E-state index contributed by atoms with van der Waals surface area (Å²) in [5.74, 6) is 0.746. The van der Waals surface area contributed by atoms with E-state index >= 15 is 0 Å². The molecular formula is C17H27N5O2S. The Morgan fingerprint density at radius 2 is 1.96 bits per heavy atom. The number of sulfonamides is 1. The number of nitrogens with zero attached hydrogens (tertiary/aromatic N) is 1. The average Bonchev–Trinajstić information content (AvgIpc) is 2.99. The van der Waals surface area contributed by atoms with Gasteiger partial charge in [0.15, 0.2) is 5.96 Å². The SMILES string of the molecule is CCS(=O)(=O)NCCNC(=NC)NCCc1c[nH]c2cc(C)ccc12. The predicted octanol–water partition coefficient (Wildman–Crippen LogP) is 1.12. The first-order valence-corrected chi connectivity index (χ1v) is 10.1. The molecule has 4 N–H and O–H groups in total. The zero-order valence-corrected chi connectivity index (χ0v) is 15.8. The Morgan fingerprint density at radius 3 is 2.68 bits per heavy atom. The van der Waals surface area contributed by atoms with Crippen LogP contribution in [0, 0.1) is 6.92 Å². The van der Waals surface area contributed by atoms with Gasteiger partial charge >= 0.3 is 0 Å². The summed E-state index contributed by atoms with van der Waals surface area (Å²) >= 11 is 0. The van der Waals surface area contributed by atoms with Crippen LogP contribution in [0.4, 0.5) is 0 Å². The maximum Gasteiger partial charge on any atom is 0.211 e. The van der Waals surface area contributed by atoms with Gasteiger partial charge in [0.2, 0.25) is 10.0 Å². The van der Waals surface area contributed by atoms with E-state index in [1.165, 1.54) is 16.5 Å². The quantitative estimate of drug-likeness (QED) is 0.320. The summed E-state index contributed by atoms with van der Waals surface area (Å²) in [5.41, 5.74) is 3.65. The Kier molecular flexibility index (Phi) is 6.83. The molecule has 1 aromatic carbocycles. The molecule has 2 aromatic rings. The molecule has 2 rings (SSSR count). The number of benzene rings is 1. The van der Waals surface area contributed by atoms with Gasteiger partial charge in [-0.2, -0.15) is 0 Å². The van der Waals surface area contributed by atoms with E-state index < -0.39 is 10.0 Å². The largest absolute Gasteiger partial charge is 0.361 e. The van der Waals surface area contributed by atoms with Crippen LogP contribution < -0.4 is 15.4 Å². The van der Waals surface area contributed by atoms with Crippen LogP contribution in [0.3, 0.4) is 0 Å². The van der Waals surface area contributed by atoms with Crippen molar-refractivity contribution < 1.29 is 8.42 Å². The molecule has 138 valence electrons. The number of hydrogen-bond acceptors (Lipinski definition) is 3. The molecule has 0 atom stereocenters. The second-order valence-electron chi connectivity index (χ2n) is 5.84. The standard InChI is InChI=1S/C17H27N5O2S/c1-4-25(23,24)22-10-9-20-17(18-3)19-8-7-14-12-21-16-11-13(2)5-6-15(14)16/h5-6,11-12,21-22H,4,7-10H2,1-3H3,(H2,18,19,20). The molecule has 0 fully saturated rings. The van der Waals surface area contributed by atoms with Gasteiger partial charge in [0.05, 0.1) is 5.75 Å². The van der Waals surface area contributed by atoms with Gasteiger partial charge in [-0.15, -0.1) is 0 Å². The van der Waals surface area contributed by atoms with Crippen molar-refractivity contribution in [2.75, 3.05) is 32.4 Å². The lowest BCUT2D eigenvalue weighted by Gasteiger charge is -2.12. The van der Waals surface area contributed by atoms with E-state index in [9.17, 15) is 8.42 Å². The molecule has 25 heavy (non-hydrogen) atoms. The first kappa shape index (κ1) is 19.3. The summed E-state index contributed by atoms with van der Waals surface area (Å²) in [5, 5.41) is 7.58. The van der Waals surface area contributed by atoms with Gasteiger partial charge in [0, 0.05) is 43.8 Å². The van der Waals surface area contributed by atoms with E-state index in [0.29, 0.717) is 19.0 Å².